The lowest BCUT2D eigenvalue weighted by Crippen LogP contribution is -2.17. The van der Waals surface area contributed by atoms with Gasteiger partial charge in [0, 0.05) is 24.6 Å². The van der Waals surface area contributed by atoms with Gasteiger partial charge >= 0.3 is 0 Å². The predicted octanol–water partition coefficient (Wildman–Crippen LogP) is 3.02. The van der Waals surface area contributed by atoms with Gasteiger partial charge in [0.25, 0.3) is 0 Å². The van der Waals surface area contributed by atoms with E-state index in [9.17, 15) is 0 Å². The Morgan fingerprint density at radius 1 is 1.55 bits per heavy atom. The first kappa shape index (κ1) is 11.0. The molecule has 0 amide bonds. The number of halogens is 1. The third kappa shape index (κ3) is 5.31. The van der Waals surface area contributed by atoms with E-state index in [0.717, 1.165) is 18.3 Å². The molecule has 0 saturated heterocycles. The molecule has 0 saturated carbocycles. The molecule has 0 radical (unpaired) electrons. The lowest BCUT2D eigenvalue weighted by atomic mass is 10.2. The van der Waals surface area contributed by atoms with Crippen molar-refractivity contribution in [3.8, 4) is 0 Å². The molecule has 0 aromatic carbocycles. The first-order valence-electron chi connectivity index (χ1n) is 4.17. The Balaban J connectivity index is 3.47. The molecule has 1 nitrogen and oxygen atoms in total. The average molecular weight is 220 g/mol. The number of hydrogen-bond acceptors (Lipinski definition) is 1. The molecule has 0 aliphatic heterocycles. The van der Waals surface area contributed by atoms with E-state index >= 15 is 0 Å². The van der Waals surface area contributed by atoms with Gasteiger partial charge in [0.1, 0.15) is 0 Å². The van der Waals surface area contributed by atoms with Crippen molar-refractivity contribution in [1.82, 2.24) is 4.90 Å². The predicted molar refractivity (Wildman–Crippen MR) is 55.1 cm³/mol. The van der Waals surface area contributed by atoms with Crippen LogP contribution in [0, 0.1) is 0 Å². The molecule has 0 bridgehead atoms. The highest BCUT2D eigenvalue weighted by atomic mass is 79.9. The molecule has 2 heteroatoms. The minimum Gasteiger partial charge on any atom is -0.378 e. The zero-order chi connectivity index (χ0) is 8.69. The van der Waals surface area contributed by atoms with Crippen molar-refractivity contribution in [2.75, 3.05) is 18.9 Å². The van der Waals surface area contributed by atoms with Gasteiger partial charge in [-0.3, -0.25) is 0 Å². The van der Waals surface area contributed by atoms with Crippen molar-refractivity contribution in [2.45, 2.75) is 26.2 Å². The second kappa shape index (κ2) is 6.71. The summed E-state index contributed by atoms with van der Waals surface area (Å²) in [7, 11) is 2.11. The van der Waals surface area contributed by atoms with Crippen molar-refractivity contribution in [3.63, 3.8) is 0 Å². The van der Waals surface area contributed by atoms with Crippen molar-refractivity contribution in [3.05, 3.63) is 12.3 Å². The molecular formula is C9H18BrN. The van der Waals surface area contributed by atoms with E-state index in [1.54, 1.807) is 0 Å². The molecule has 0 aromatic heterocycles. The molecule has 11 heavy (non-hydrogen) atoms. The van der Waals surface area contributed by atoms with E-state index in [0.29, 0.717) is 0 Å². The van der Waals surface area contributed by atoms with Crippen LogP contribution in [0.3, 0.4) is 0 Å². The summed E-state index contributed by atoms with van der Waals surface area (Å²) < 4.78 is 0. The maximum Gasteiger partial charge on any atom is 0.0168 e. The van der Waals surface area contributed by atoms with Gasteiger partial charge in [-0.2, -0.15) is 0 Å². The lowest BCUT2D eigenvalue weighted by molar-refractivity contribution is 0.402. The molecule has 0 heterocycles. The van der Waals surface area contributed by atoms with Crippen molar-refractivity contribution >= 4 is 15.9 Å². The summed E-state index contributed by atoms with van der Waals surface area (Å²) >= 11 is 3.41. The van der Waals surface area contributed by atoms with E-state index < -0.39 is 0 Å². The van der Waals surface area contributed by atoms with Crippen LogP contribution >= 0.6 is 15.9 Å². The number of alkyl halides is 1. The summed E-state index contributed by atoms with van der Waals surface area (Å²) in [5.74, 6) is 0. The normalized spacial score (nSPS) is 9.73. The Bertz CT molecular complexity index is 112. The fourth-order valence-electron chi connectivity index (χ4n) is 0.955. The molecule has 0 rings (SSSR count). The Labute approximate surface area is 78.6 Å². The smallest absolute Gasteiger partial charge is 0.0168 e. The number of rotatable bonds is 6. The van der Waals surface area contributed by atoms with Crippen LogP contribution in [0.1, 0.15) is 26.2 Å². The highest BCUT2D eigenvalue weighted by molar-refractivity contribution is 9.09. The summed E-state index contributed by atoms with van der Waals surface area (Å²) in [5, 5.41) is 1.08. The molecule has 0 atom stereocenters. The number of nitrogens with zero attached hydrogens (tertiary/aromatic N) is 1. The van der Waals surface area contributed by atoms with Gasteiger partial charge in [0.15, 0.2) is 0 Å². The van der Waals surface area contributed by atoms with Crippen molar-refractivity contribution in [1.29, 1.82) is 0 Å². The maximum absolute atomic E-state index is 4.02. The standard InChI is InChI=1S/C9H18BrN/c1-4-8-11(3)9(2)6-5-7-10/h2,4-8H2,1,3H3. The van der Waals surface area contributed by atoms with Crippen LogP contribution in [0.15, 0.2) is 12.3 Å². The molecule has 0 aromatic rings. The highest BCUT2D eigenvalue weighted by Crippen LogP contribution is 2.08. The van der Waals surface area contributed by atoms with Gasteiger partial charge < -0.3 is 4.90 Å². The van der Waals surface area contributed by atoms with Gasteiger partial charge in [-0.05, 0) is 19.3 Å². The monoisotopic (exact) mass is 219 g/mol. The fourth-order valence-corrected chi connectivity index (χ4v) is 1.24. The van der Waals surface area contributed by atoms with Crippen LogP contribution < -0.4 is 0 Å². The topological polar surface area (TPSA) is 3.24 Å². The number of hydrogen-bond donors (Lipinski definition) is 0. The summed E-state index contributed by atoms with van der Waals surface area (Å²) in [4.78, 5) is 2.24. The van der Waals surface area contributed by atoms with Crippen LogP contribution in [-0.2, 0) is 0 Å². The lowest BCUT2D eigenvalue weighted by Gasteiger charge is -2.20. The van der Waals surface area contributed by atoms with Crippen molar-refractivity contribution in [2.24, 2.45) is 0 Å². The summed E-state index contributed by atoms with van der Waals surface area (Å²) in [6, 6.07) is 0. The Hall–Kier alpha value is 0.0200. The Morgan fingerprint density at radius 3 is 2.64 bits per heavy atom. The molecular weight excluding hydrogens is 202 g/mol. The minimum absolute atomic E-state index is 1.08. The zero-order valence-corrected chi connectivity index (χ0v) is 9.15. The maximum atomic E-state index is 4.02. The van der Waals surface area contributed by atoms with Crippen LogP contribution in [0.5, 0.6) is 0 Å². The fraction of sp³-hybridized carbons (Fsp3) is 0.778. The minimum atomic E-state index is 1.08. The molecule has 0 fully saturated rings. The van der Waals surface area contributed by atoms with E-state index in [2.05, 4.69) is 41.4 Å². The van der Waals surface area contributed by atoms with Crippen LogP contribution in [0.2, 0.25) is 0 Å². The van der Waals surface area contributed by atoms with Gasteiger partial charge in [-0.15, -0.1) is 0 Å². The second-order valence-electron chi connectivity index (χ2n) is 2.78. The summed E-state index contributed by atoms with van der Waals surface area (Å²) in [6.07, 6.45) is 3.50. The van der Waals surface area contributed by atoms with E-state index in [-0.39, 0.29) is 0 Å². The first-order chi connectivity index (χ1) is 5.22. The quantitative estimate of drug-likeness (QED) is 0.622. The van der Waals surface area contributed by atoms with Crippen LogP contribution in [-0.4, -0.2) is 23.8 Å². The first-order valence-corrected chi connectivity index (χ1v) is 5.29. The average Bonchev–Trinajstić information content (AvgIpc) is 2.00. The largest absolute Gasteiger partial charge is 0.378 e. The molecule has 0 aliphatic rings. The molecule has 0 unspecified atom stereocenters. The van der Waals surface area contributed by atoms with Gasteiger partial charge in [0.05, 0.1) is 0 Å². The Morgan fingerprint density at radius 2 is 2.18 bits per heavy atom. The third-order valence-electron chi connectivity index (χ3n) is 1.70. The second-order valence-corrected chi connectivity index (χ2v) is 3.57. The van der Waals surface area contributed by atoms with E-state index in [1.807, 2.05) is 0 Å². The van der Waals surface area contributed by atoms with E-state index in [1.165, 1.54) is 18.5 Å². The summed E-state index contributed by atoms with van der Waals surface area (Å²) in [5.41, 5.74) is 1.26. The SMILES string of the molecule is C=C(CCCBr)N(C)CCC. The molecule has 0 spiro atoms. The van der Waals surface area contributed by atoms with Gasteiger partial charge in [-0.1, -0.05) is 29.4 Å². The number of allylic oxidation sites excluding steroid dienone is 1. The highest BCUT2D eigenvalue weighted by Gasteiger charge is 1.98. The molecule has 66 valence electrons. The molecule has 0 aliphatic carbocycles. The molecule has 0 N–H and O–H groups in total. The van der Waals surface area contributed by atoms with Gasteiger partial charge in [0.2, 0.25) is 0 Å². The Kier molecular flexibility index (Phi) is 6.73. The van der Waals surface area contributed by atoms with Crippen LogP contribution in [0.4, 0.5) is 0 Å². The summed E-state index contributed by atoms with van der Waals surface area (Å²) in [6.45, 7) is 7.33. The third-order valence-corrected chi connectivity index (χ3v) is 2.26. The van der Waals surface area contributed by atoms with E-state index in [4.69, 9.17) is 0 Å². The van der Waals surface area contributed by atoms with Crippen molar-refractivity contribution < 1.29 is 0 Å². The van der Waals surface area contributed by atoms with Gasteiger partial charge in [-0.25, -0.2) is 0 Å². The zero-order valence-electron chi connectivity index (χ0n) is 7.57. The van der Waals surface area contributed by atoms with Crippen LogP contribution in [0.25, 0.3) is 0 Å².